The Morgan fingerprint density at radius 3 is 2.92 bits per heavy atom. The van der Waals surface area contributed by atoms with Crippen molar-refractivity contribution in [1.29, 1.82) is 0 Å². The molecule has 60 valence electrons. The predicted octanol–water partition coefficient (Wildman–Crippen LogP) is 3.37. The van der Waals surface area contributed by atoms with Crippen LogP contribution >= 0.6 is 11.3 Å². The van der Waals surface area contributed by atoms with Gasteiger partial charge in [-0.1, -0.05) is 18.2 Å². The number of nitrogens with zero attached hydrogens (tertiary/aromatic N) is 2. The zero-order valence-electron chi connectivity index (χ0n) is 6.14. The van der Waals surface area contributed by atoms with Gasteiger partial charge in [-0.05, 0) is 6.07 Å². The van der Waals surface area contributed by atoms with E-state index in [-0.39, 0.29) is 0 Å². The molecule has 0 aliphatic heterocycles. The van der Waals surface area contributed by atoms with Crippen LogP contribution in [0.4, 0.5) is 5.69 Å². The Balaban J connectivity index is 2.70. The number of fused-ring (bicyclic) bond motifs is 1. The van der Waals surface area contributed by atoms with E-state index >= 15 is 0 Å². The molecule has 0 aliphatic rings. The van der Waals surface area contributed by atoms with Crippen LogP contribution in [0.25, 0.3) is 10.1 Å². The lowest BCUT2D eigenvalue weighted by Crippen LogP contribution is -1.60. The van der Waals surface area contributed by atoms with Crippen LogP contribution in [0, 0.1) is 0 Å². The van der Waals surface area contributed by atoms with Crippen molar-refractivity contribution in [2.75, 3.05) is 0 Å². The molecule has 1 aromatic carbocycles. The fraction of sp³-hybridized carbons (Fsp3) is 0. The topological polar surface area (TPSA) is 45.0 Å². The van der Waals surface area contributed by atoms with E-state index in [1.165, 1.54) is 0 Å². The maximum Gasteiger partial charge on any atom is 0.107 e. The van der Waals surface area contributed by atoms with E-state index in [1.807, 2.05) is 29.6 Å². The van der Waals surface area contributed by atoms with Crippen molar-refractivity contribution >= 4 is 27.1 Å². The summed E-state index contributed by atoms with van der Waals surface area (Å²) < 4.78 is 1.15. The monoisotopic (exact) mass is 178 g/mol. The van der Waals surface area contributed by atoms with Crippen LogP contribution in [0.2, 0.25) is 0 Å². The van der Waals surface area contributed by atoms with Gasteiger partial charge in [-0.15, -0.1) is 16.5 Å². The predicted molar refractivity (Wildman–Crippen MR) is 48.1 cm³/mol. The summed E-state index contributed by atoms with van der Waals surface area (Å²) in [6.07, 6.45) is 0. The third-order valence-corrected chi connectivity index (χ3v) is 2.56. The summed E-state index contributed by atoms with van der Waals surface area (Å²) in [4.78, 5) is 0. The average molecular weight is 178 g/mol. The molecule has 0 unspecified atom stereocenters. The van der Waals surface area contributed by atoms with E-state index in [9.17, 15) is 0 Å². The Labute approximate surface area is 72.9 Å². The smallest absolute Gasteiger partial charge is 0.107 e. The molecule has 1 N–H and O–H groups in total. The van der Waals surface area contributed by atoms with Crippen molar-refractivity contribution in [2.24, 2.45) is 10.4 Å². The van der Waals surface area contributed by atoms with Crippen LogP contribution in [0.15, 0.2) is 40.0 Å². The minimum absolute atomic E-state index is 0.720. The first kappa shape index (κ1) is 7.24. The second-order valence-electron chi connectivity index (χ2n) is 2.31. The highest BCUT2D eigenvalue weighted by Crippen LogP contribution is 2.31. The summed E-state index contributed by atoms with van der Waals surface area (Å²) in [5.41, 5.74) is 0.720. The number of rotatable bonds is 1. The van der Waals surface area contributed by atoms with Gasteiger partial charge in [0, 0.05) is 20.7 Å². The summed E-state index contributed by atoms with van der Waals surface area (Å²) in [5.74, 6) is 0. The van der Waals surface area contributed by atoms with Gasteiger partial charge in [0.25, 0.3) is 0 Å². The molecule has 12 heavy (non-hydrogen) atoms. The van der Waals surface area contributed by atoms with Crippen LogP contribution < -0.4 is 0 Å². The van der Waals surface area contributed by atoms with Crippen molar-refractivity contribution < 1.29 is 5.21 Å². The number of thiophene rings is 1. The average Bonchev–Trinajstić information content (AvgIpc) is 2.50. The van der Waals surface area contributed by atoms with Crippen LogP contribution in [0.1, 0.15) is 0 Å². The van der Waals surface area contributed by atoms with Gasteiger partial charge in [0.1, 0.15) is 5.69 Å². The molecule has 0 radical (unpaired) electrons. The van der Waals surface area contributed by atoms with Crippen LogP contribution in [0.5, 0.6) is 0 Å². The Morgan fingerprint density at radius 1 is 1.25 bits per heavy atom. The summed E-state index contributed by atoms with van der Waals surface area (Å²) in [6.45, 7) is 0. The highest BCUT2D eigenvalue weighted by atomic mass is 32.1. The minimum Gasteiger partial charge on any atom is -0.394 e. The second kappa shape index (κ2) is 2.91. The van der Waals surface area contributed by atoms with Gasteiger partial charge in [-0.25, -0.2) is 0 Å². The van der Waals surface area contributed by atoms with Gasteiger partial charge in [0.05, 0.1) is 0 Å². The van der Waals surface area contributed by atoms with Crippen LogP contribution in [0.3, 0.4) is 0 Å². The van der Waals surface area contributed by atoms with Crippen LogP contribution in [-0.4, -0.2) is 5.21 Å². The zero-order valence-corrected chi connectivity index (χ0v) is 6.95. The number of hydrogen-bond donors (Lipinski definition) is 1. The molecule has 0 aliphatic carbocycles. The third-order valence-electron chi connectivity index (χ3n) is 1.61. The number of hydrogen-bond acceptors (Lipinski definition) is 3. The maximum atomic E-state index is 8.26. The van der Waals surface area contributed by atoms with Gasteiger partial charge in [-0.3, -0.25) is 0 Å². The summed E-state index contributed by atoms with van der Waals surface area (Å²) in [7, 11) is 0. The molecule has 0 bridgehead atoms. The molecule has 0 spiro atoms. The molecule has 4 heteroatoms. The van der Waals surface area contributed by atoms with Gasteiger partial charge in [0.15, 0.2) is 0 Å². The van der Waals surface area contributed by atoms with E-state index in [2.05, 4.69) is 10.4 Å². The van der Waals surface area contributed by atoms with Gasteiger partial charge in [0.2, 0.25) is 0 Å². The lowest BCUT2D eigenvalue weighted by molar-refractivity contribution is 0.289. The molecule has 2 rings (SSSR count). The fourth-order valence-electron chi connectivity index (χ4n) is 1.09. The Morgan fingerprint density at radius 2 is 2.08 bits per heavy atom. The van der Waals surface area contributed by atoms with Crippen molar-refractivity contribution in [3.63, 3.8) is 0 Å². The summed E-state index contributed by atoms with van der Waals surface area (Å²) >= 11 is 1.59. The summed E-state index contributed by atoms with van der Waals surface area (Å²) in [6, 6.07) is 7.87. The quantitative estimate of drug-likeness (QED) is 0.528. The van der Waals surface area contributed by atoms with E-state index in [1.54, 1.807) is 11.3 Å². The molecular formula is C8H6N2OS. The SMILES string of the molecule is ON=Nc1csc2ccccc12. The summed E-state index contributed by atoms with van der Waals surface area (Å²) in [5, 5.41) is 17.5. The molecule has 0 saturated carbocycles. The molecule has 3 nitrogen and oxygen atoms in total. The molecule has 1 aromatic heterocycles. The Hall–Kier alpha value is -1.42. The second-order valence-corrected chi connectivity index (χ2v) is 3.22. The lowest BCUT2D eigenvalue weighted by Gasteiger charge is -1.87. The van der Waals surface area contributed by atoms with Gasteiger partial charge < -0.3 is 5.21 Å². The van der Waals surface area contributed by atoms with Crippen molar-refractivity contribution in [3.8, 4) is 0 Å². The molecule has 2 aromatic rings. The first-order valence-corrected chi connectivity index (χ1v) is 4.31. The number of benzene rings is 1. The largest absolute Gasteiger partial charge is 0.394 e. The molecular weight excluding hydrogens is 172 g/mol. The first-order chi connectivity index (χ1) is 5.92. The van der Waals surface area contributed by atoms with Crippen molar-refractivity contribution in [1.82, 2.24) is 0 Å². The Kier molecular flexibility index (Phi) is 1.75. The molecule has 0 atom stereocenters. The standard InChI is InChI=1S/C8H6N2OS/c11-10-9-7-5-12-8-4-2-1-3-6(7)8/h1-5H,(H,9,11). The third kappa shape index (κ3) is 1.06. The highest BCUT2D eigenvalue weighted by Gasteiger charge is 2.00. The highest BCUT2D eigenvalue weighted by molar-refractivity contribution is 7.17. The molecule has 0 saturated heterocycles. The molecule has 0 fully saturated rings. The van der Waals surface area contributed by atoms with E-state index in [0.29, 0.717) is 0 Å². The molecule has 1 heterocycles. The normalized spacial score (nSPS) is 11.3. The lowest BCUT2D eigenvalue weighted by atomic mass is 10.2. The van der Waals surface area contributed by atoms with Gasteiger partial charge >= 0.3 is 0 Å². The fourth-order valence-corrected chi connectivity index (χ4v) is 1.96. The van der Waals surface area contributed by atoms with Crippen molar-refractivity contribution in [3.05, 3.63) is 29.6 Å². The van der Waals surface area contributed by atoms with Crippen LogP contribution in [-0.2, 0) is 0 Å². The molecule has 0 amide bonds. The van der Waals surface area contributed by atoms with E-state index in [4.69, 9.17) is 5.21 Å². The maximum absolute atomic E-state index is 8.26. The zero-order chi connectivity index (χ0) is 8.39. The minimum atomic E-state index is 0.720. The van der Waals surface area contributed by atoms with Crippen molar-refractivity contribution in [2.45, 2.75) is 0 Å². The first-order valence-electron chi connectivity index (χ1n) is 3.43. The van der Waals surface area contributed by atoms with Gasteiger partial charge in [-0.2, -0.15) is 0 Å². The Bertz CT molecular complexity index is 422. The van der Waals surface area contributed by atoms with E-state index < -0.39 is 0 Å². The van der Waals surface area contributed by atoms with E-state index in [0.717, 1.165) is 15.8 Å².